The summed E-state index contributed by atoms with van der Waals surface area (Å²) < 4.78 is 5.72. The molecule has 1 rings (SSSR count). The molecule has 1 aromatic heterocycles. The fourth-order valence-electron chi connectivity index (χ4n) is 1.41. The van der Waals surface area contributed by atoms with Gasteiger partial charge in [-0.3, -0.25) is 4.98 Å². The van der Waals surface area contributed by atoms with Crippen LogP contribution < -0.4 is 10.1 Å². The Morgan fingerprint density at radius 2 is 2.35 bits per heavy atom. The van der Waals surface area contributed by atoms with Crippen molar-refractivity contribution < 1.29 is 4.74 Å². The largest absolute Gasteiger partial charge is 0.492 e. The van der Waals surface area contributed by atoms with E-state index in [0.29, 0.717) is 12.6 Å². The second kappa shape index (κ2) is 7.85. The molecule has 0 amide bonds. The molecule has 0 aliphatic carbocycles. The molecule has 0 spiro atoms. The van der Waals surface area contributed by atoms with Gasteiger partial charge in [0, 0.05) is 24.3 Å². The number of rotatable bonds is 8. The number of hydrogen-bond donors (Lipinski definition) is 1. The molecule has 3 heteroatoms. The van der Waals surface area contributed by atoms with Gasteiger partial charge in [-0.2, -0.15) is 0 Å². The van der Waals surface area contributed by atoms with E-state index >= 15 is 0 Å². The van der Waals surface area contributed by atoms with Crippen molar-refractivity contribution in [3.63, 3.8) is 0 Å². The van der Waals surface area contributed by atoms with E-state index in [1.54, 1.807) is 12.4 Å². The summed E-state index contributed by atoms with van der Waals surface area (Å²) >= 11 is 0. The maximum absolute atomic E-state index is 5.72. The quantitative estimate of drug-likeness (QED) is 0.554. The van der Waals surface area contributed by atoms with E-state index in [9.17, 15) is 0 Å². The van der Waals surface area contributed by atoms with Gasteiger partial charge in [0.25, 0.3) is 0 Å². The Kier molecular flexibility index (Phi) is 6.33. The van der Waals surface area contributed by atoms with Gasteiger partial charge in [-0.1, -0.05) is 19.9 Å². The van der Waals surface area contributed by atoms with Gasteiger partial charge in [0.05, 0.1) is 12.8 Å². The van der Waals surface area contributed by atoms with Crippen molar-refractivity contribution in [2.75, 3.05) is 6.61 Å². The number of hydrogen-bond acceptors (Lipinski definition) is 3. The second-order valence-electron chi connectivity index (χ2n) is 4.30. The van der Waals surface area contributed by atoms with E-state index in [-0.39, 0.29) is 0 Å². The predicted molar refractivity (Wildman–Crippen MR) is 71.1 cm³/mol. The van der Waals surface area contributed by atoms with Crippen molar-refractivity contribution in [2.45, 2.75) is 39.3 Å². The summed E-state index contributed by atoms with van der Waals surface area (Å²) in [5.74, 6) is 0.879. The number of pyridine rings is 1. The minimum Gasteiger partial charge on any atom is -0.492 e. The van der Waals surface area contributed by atoms with Crippen LogP contribution in [0.5, 0.6) is 5.75 Å². The predicted octanol–water partition coefficient (Wildman–Crippen LogP) is 2.92. The molecule has 0 unspecified atom stereocenters. The highest BCUT2D eigenvalue weighted by Crippen LogP contribution is 2.16. The number of unbranched alkanes of at least 4 members (excludes halogenated alkanes) is 1. The standard InChI is InChI=1S/C14H22N2O/c1-4-5-6-9-17-14-11-15-8-7-13(14)10-16-12(2)3/h4,7-8,11-12,16H,1,5-6,9-10H2,2-3H3. The first-order chi connectivity index (χ1) is 8.24. The highest BCUT2D eigenvalue weighted by Gasteiger charge is 2.03. The topological polar surface area (TPSA) is 34.1 Å². The monoisotopic (exact) mass is 234 g/mol. The highest BCUT2D eigenvalue weighted by molar-refractivity contribution is 5.29. The van der Waals surface area contributed by atoms with Crippen molar-refractivity contribution in [1.29, 1.82) is 0 Å². The van der Waals surface area contributed by atoms with E-state index in [4.69, 9.17) is 4.74 Å². The molecule has 3 nitrogen and oxygen atoms in total. The van der Waals surface area contributed by atoms with Crippen molar-refractivity contribution in [2.24, 2.45) is 0 Å². The average Bonchev–Trinajstić information content (AvgIpc) is 2.33. The maximum Gasteiger partial charge on any atom is 0.142 e. The summed E-state index contributed by atoms with van der Waals surface area (Å²) in [6.45, 7) is 9.49. The molecule has 0 bridgehead atoms. The van der Waals surface area contributed by atoms with Crippen LogP contribution in [-0.4, -0.2) is 17.6 Å². The molecule has 0 saturated heterocycles. The lowest BCUT2D eigenvalue weighted by molar-refractivity contribution is 0.306. The first kappa shape index (κ1) is 13.7. The van der Waals surface area contributed by atoms with E-state index in [1.165, 1.54) is 0 Å². The Morgan fingerprint density at radius 1 is 1.53 bits per heavy atom. The lowest BCUT2D eigenvalue weighted by Crippen LogP contribution is -2.22. The molecule has 0 aliphatic heterocycles. The Balaban J connectivity index is 2.48. The van der Waals surface area contributed by atoms with Crippen LogP contribution in [0.25, 0.3) is 0 Å². The fraction of sp³-hybridized carbons (Fsp3) is 0.500. The van der Waals surface area contributed by atoms with Crippen LogP contribution in [0, 0.1) is 0 Å². The molecule has 17 heavy (non-hydrogen) atoms. The fourth-order valence-corrected chi connectivity index (χ4v) is 1.41. The molecule has 1 aromatic rings. The number of nitrogens with zero attached hydrogens (tertiary/aromatic N) is 1. The SMILES string of the molecule is C=CCCCOc1cnccc1CNC(C)C. The van der Waals surface area contributed by atoms with Gasteiger partial charge in [-0.15, -0.1) is 6.58 Å². The molecule has 0 aromatic carbocycles. The van der Waals surface area contributed by atoms with E-state index in [2.05, 4.69) is 30.7 Å². The van der Waals surface area contributed by atoms with Crippen LogP contribution in [0.15, 0.2) is 31.1 Å². The van der Waals surface area contributed by atoms with Crippen LogP contribution in [-0.2, 0) is 6.54 Å². The highest BCUT2D eigenvalue weighted by atomic mass is 16.5. The third-order valence-corrected chi connectivity index (χ3v) is 2.38. The van der Waals surface area contributed by atoms with Gasteiger partial charge in [0.2, 0.25) is 0 Å². The van der Waals surface area contributed by atoms with Gasteiger partial charge < -0.3 is 10.1 Å². The van der Waals surface area contributed by atoms with E-state index in [0.717, 1.165) is 30.7 Å². The van der Waals surface area contributed by atoms with Crippen LogP contribution >= 0.6 is 0 Å². The molecule has 94 valence electrons. The number of nitrogens with one attached hydrogen (secondary N) is 1. The van der Waals surface area contributed by atoms with Crippen LogP contribution in [0.3, 0.4) is 0 Å². The van der Waals surface area contributed by atoms with Crippen molar-refractivity contribution >= 4 is 0 Å². The Bertz CT molecular complexity index is 337. The molecule has 1 heterocycles. The first-order valence-corrected chi connectivity index (χ1v) is 6.14. The third-order valence-electron chi connectivity index (χ3n) is 2.38. The van der Waals surface area contributed by atoms with Crippen LogP contribution in [0.1, 0.15) is 32.3 Å². The smallest absolute Gasteiger partial charge is 0.142 e. The van der Waals surface area contributed by atoms with Crippen LogP contribution in [0.2, 0.25) is 0 Å². The number of aromatic nitrogens is 1. The Hall–Kier alpha value is -1.35. The summed E-state index contributed by atoms with van der Waals surface area (Å²) in [5.41, 5.74) is 1.16. The lowest BCUT2D eigenvalue weighted by Gasteiger charge is -2.12. The normalized spacial score (nSPS) is 10.5. The number of ether oxygens (including phenoxy) is 1. The van der Waals surface area contributed by atoms with Gasteiger partial charge in [0.1, 0.15) is 5.75 Å². The summed E-state index contributed by atoms with van der Waals surface area (Å²) in [6.07, 6.45) is 7.47. The minimum atomic E-state index is 0.469. The molecule has 0 saturated carbocycles. The van der Waals surface area contributed by atoms with Gasteiger partial charge >= 0.3 is 0 Å². The second-order valence-corrected chi connectivity index (χ2v) is 4.30. The van der Waals surface area contributed by atoms with Gasteiger partial charge in [-0.25, -0.2) is 0 Å². The maximum atomic E-state index is 5.72. The summed E-state index contributed by atoms with van der Waals surface area (Å²) in [7, 11) is 0. The number of allylic oxidation sites excluding steroid dienone is 1. The zero-order valence-electron chi connectivity index (χ0n) is 10.8. The van der Waals surface area contributed by atoms with E-state index in [1.807, 2.05) is 12.1 Å². The lowest BCUT2D eigenvalue weighted by atomic mass is 10.2. The Morgan fingerprint density at radius 3 is 3.06 bits per heavy atom. The van der Waals surface area contributed by atoms with Gasteiger partial charge in [0.15, 0.2) is 0 Å². The molecule has 1 N–H and O–H groups in total. The minimum absolute atomic E-state index is 0.469. The summed E-state index contributed by atoms with van der Waals surface area (Å²) in [4.78, 5) is 4.10. The average molecular weight is 234 g/mol. The van der Waals surface area contributed by atoms with Crippen molar-refractivity contribution in [1.82, 2.24) is 10.3 Å². The summed E-state index contributed by atoms with van der Waals surface area (Å²) in [5, 5.41) is 3.38. The molecule has 0 atom stereocenters. The van der Waals surface area contributed by atoms with Crippen molar-refractivity contribution in [3.8, 4) is 5.75 Å². The zero-order valence-corrected chi connectivity index (χ0v) is 10.8. The van der Waals surface area contributed by atoms with Crippen LogP contribution in [0.4, 0.5) is 0 Å². The third kappa shape index (κ3) is 5.50. The first-order valence-electron chi connectivity index (χ1n) is 6.14. The molecule has 0 radical (unpaired) electrons. The zero-order chi connectivity index (χ0) is 12.5. The van der Waals surface area contributed by atoms with E-state index < -0.39 is 0 Å². The molecule has 0 fully saturated rings. The molecule has 0 aliphatic rings. The Labute approximate surface area is 104 Å². The molecular weight excluding hydrogens is 212 g/mol. The van der Waals surface area contributed by atoms with Gasteiger partial charge in [-0.05, 0) is 18.9 Å². The molecular formula is C14H22N2O. The summed E-state index contributed by atoms with van der Waals surface area (Å²) in [6, 6.07) is 2.47. The van der Waals surface area contributed by atoms with Crippen molar-refractivity contribution in [3.05, 3.63) is 36.7 Å².